The molecule has 5 amide bonds. The van der Waals surface area contributed by atoms with Gasteiger partial charge in [0, 0.05) is 38.5 Å². The lowest BCUT2D eigenvalue weighted by Gasteiger charge is -2.18. The Kier molecular flexibility index (Phi) is 11.2. The number of carbonyl (C=O) groups excluding carboxylic acids is 6. The minimum absolute atomic E-state index is 0.0144. The molecule has 31 heavy (non-hydrogen) atoms. The van der Waals surface area contributed by atoms with Gasteiger partial charge in [-0.15, -0.1) is 0 Å². The Hall–Kier alpha value is -3.02. The zero-order valence-electron chi connectivity index (χ0n) is 17.9. The normalized spacial score (nSPS) is 15.7. The highest BCUT2D eigenvalue weighted by Crippen LogP contribution is 2.19. The van der Waals surface area contributed by atoms with Crippen molar-refractivity contribution in [1.29, 1.82) is 0 Å². The van der Waals surface area contributed by atoms with Gasteiger partial charge in [-0.25, -0.2) is 14.5 Å². The number of Topliss-reactive ketones (excluding diaryl/α,β-unsaturated/α-hetero) is 1. The number of ether oxygens (including phenoxy) is 3. The summed E-state index contributed by atoms with van der Waals surface area (Å²) < 4.78 is 15.4. The molecule has 0 spiro atoms. The number of alkyl carbamates (subject to hydrolysis) is 2. The summed E-state index contributed by atoms with van der Waals surface area (Å²) >= 11 is 0. The highest BCUT2D eigenvalue weighted by molar-refractivity contribution is 6.42. The van der Waals surface area contributed by atoms with Crippen molar-refractivity contribution in [2.45, 2.75) is 46.1 Å². The first-order valence-electron chi connectivity index (χ1n) is 10.1. The third-order valence-electron chi connectivity index (χ3n) is 4.16. The van der Waals surface area contributed by atoms with Crippen LogP contribution in [0.3, 0.4) is 0 Å². The number of carbonyl (C=O) groups is 6. The van der Waals surface area contributed by atoms with Crippen LogP contribution < -0.4 is 10.6 Å². The maximum absolute atomic E-state index is 12.1. The molecule has 1 unspecified atom stereocenters. The van der Waals surface area contributed by atoms with Crippen LogP contribution in [0, 0.1) is 5.92 Å². The fraction of sp³-hybridized carbons (Fsp3) is 0.684. The van der Waals surface area contributed by atoms with E-state index in [0.717, 1.165) is 0 Å². The molecule has 174 valence electrons. The Morgan fingerprint density at radius 3 is 2.03 bits per heavy atom. The van der Waals surface area contributed by atoms with E-state index in [1.807, 2.05) is 0 Å². The van der Waals surface area contributed by atoms with Crippen molar-refractivity contribution in [2.24, 2.45) is 5.92 Å². The van der Waals surface area contributed by atoms with Crippen LogP contribution in [-0.2, 0) is 33.4 Å². The van der Waals surface area contributed by atoms with E-state index in [1.165, 1.54) is 6.92 Å². The van der Waals surface area contributed by atoms with Gasteiger partial charge in [-0.1, -0.05) is 6.92 Å². The average Bonchev–Trinajstić information content (AvgIpc) is 2.97. The summed E-state index contributed by atoms with van der Waals surface area (Å²) in [4.78, 5) is 71.0. The number of hydrogen-bond acceptors (Lipinski definition) is 9. The maximum atomic E-state index is 12.1. The van der Waals surface area contributed by atoms with Gasteiger partial charge in [-0.2, -0.15) is 0 Å². The van der Waals surface area contributed by atoms with Gasteiger partial charge in [0.05, 0.1) is 0 Å². The number of hydrogen-bond donors (Lipinski definition) is 2. The summed E-state index contributed by atoms with van der Waals surface area (Å²) in [5.74, 6) is -4.01. The molecule has 1 rings (SSSR count). The molecule has 0 aromatic rings. The second kappa shape index (κ2) is 13.3. The van der Waals surface area contributed by atoms with E-state index in [2.05, 4.69) is 10.6 Å². The Morgan fingerprint density at radius 1 is 1.03 bits per heavy atom. The van der Waals surface area contributed by atoms with E-state index in [9.17, 15) is 28.8 Å². The first-order valence-corrected chi connectivity index (χ1v) is 10.1. The van der Waals surface area contributed by atoms with E-state index < -0.39 is 47.7 Å². The first-order chi connectivity index (χ1) is 14.7. The van der Waals surface area contributed by atoms with Crippen LogP contribution in [0.5, 0.6) is 0 Å². The van der Waals surface area contributed by atoms with Crippen LogP contribution in [0.25, 0.3) is 0 Å². The quantitative estimate of drug-likeness (QED) is 0.243. The van der Waals surface area contributed by atoms with E-state index >= 15 is 0 Å². The van der Waals surface area contributed by atoms with Gasteiger partial charge < -0.3 is 24.8 Å². The summed E-state index contributed by atoms with van der Waals surface area (Å²) in [6.07, 6.45) is -2.35. The minimum atomic E-state index is -1.14. The number of imide groups is 3. The molecule has 0 aromatic heterocycles. The van der Waals surface area contributed by atoms with Crippen LogP contribution in [0.4, 0.5) is 9.59 Å². The van der Waals surface area contributed by atoms with Gasteiger partial charge in [0.1, 0.15) is 19.3 Å². The molecular formula is C19H29N3O9. The maximum Gasteiger partial charge on any atom is 0.407 e. The molecular weight excluding hydrogens is 414 g/mol. The van der Waals surface area contributed by atoms with Crippen LogP contribution in [-0.4, -0.2) is 79.6 Å². The molecule has 0 bridgehead atoms. The van der Waals surface area contributed by atoms with Crippen molar-refractivity contribution in [1.82, 2.24) is 15.5 Å². The predicted molar refractivity (Wildman–Crippen MR) is 105 cm³/mol. The molecule has 0 aliphatic carbocycles. The van der Waals surface area contributed by atoms with Crippen molar-refractivity contribution >= 4 is 35.7 Å². The molecule has 0 radical (unpaired) electrons. The summed E-state index contributed by atoms with van der Waals surface area (Å²) in [6, 6.07) is 0. The van der Waals surface area contributed by atoms with E-state index in [4.69, 9.17) is 14.2 Å². The standard InChI is InChI=1S/C19H29N3O9/c1-4-20-18(27)30-10-13(11-31-19(28)21-5-2)29-8-6-7-14(23)17(26)22-15(24)9-12(3)16(22)25/h12-13H,4-11H2,1-3H3,(H,20,27)(H,21,28). The number of nitrogens with one attached hydrogen (secondary N) is 2. The molecule has 2 N–H and O–H groups in total. The number of rotatable bonds is 12. The topological polar surface area (TPSA) is 157 Å². The Morgan fingerprint density at radius 2 is 1.58 bits per heavy atom. The van der Waals surface area contributed by atoms with Crippen molar-refractivity contribution < 1.29 is 43.0 Å². The van der Waals surface area contributed by atoms with E-state index in [-0.39, 0.29) is 39.1 Å². The van der Waals surface area contributed by atoms with Gasteiger partial charge in [-0.3, -0.25) is 19.2 Å². The number of ketones is 1. The van der Waals surface area contributed by atoms with E-state index in [0.29, 0.717) is 18.0 Å². The summed E-state index contributed by atoms with van der Waals surface area (Å²) in [5.41, 5.74) is 0. The molecule has 1 saturated heterocycles. The molecule has 12 nitrogen and oxygen atoms in total. The summed E-state index contributed by atoms with van der Waals surface area (Å²) in [7, 11) is 0. The van der Waals surface area contributed by atoms with Gasteiger partial charge in [0.25, 0.3) is 0 Å². The lowest BCUT2D eigenvalue weighted by molar-refractivity contribution is -0.155. The number of nitrogens with zero attached hydrogens (tertiary/aromatic N) is 1. The van der Waals surface area contributed by atoms with Gasteiger partial charge in [0.2, 0.25) is 17.6 Å². The van der Waals surface area contributed by atoms with Gasteiger partial charge in [0.15, 0.2) is 0 Å². The summed E-state index contributed by atoms with van der Waals surface area (Å²) in [6.45, 7) is 5.27. The van der Waals surface area contributed by atoms with Crippen molar-refractivity contribution in [3.8, 4) is 0 Å². The number of likely N-dealkylation sites (tertiary alicyclic amines) is 1. The van der Waals surface area contributed by atoms with Crippen LogP contribution in [0.1, 0.15) is 40.0 Å². The van der Waals surface area contributed by atoms with Gasteiger partial charge in [-0.05, 0) is 20.3 Å². The SMILES string of the molecule is CCNC(=O)OCC(COC(=O)NCC)OCCCC(=O)C(=O)N1C(=O)CC(C)C1=O. The second-order valence-corrected chi connectivity index (χ2v) is 6.75. The van der Waals surface area contributed by atoms with E-state index in [1.54, 1.807) is 13.8 Å². The number of amides is 5. The van der Waals surface area contributed by atoms with Crippen LogP contribution in [0.2, 0.25) is 0 Å². The third kappa shape index (κ3) is 8.70. The molecule has 1 fully saturated rings. The van der Waals surface area contributed by atoms with Crippen LogP contribution >= 0.6 is 0 Å². The molecule has 1 aliphatic heterocycles. The highest BCUT2D eigenvalue weighted by Gasteiger charge is 2.41. The van der Waals surface area contributed by atoms with Crippen molar-refractivity contribution in [2.75, 3.05) is 32.9 Å². The third-order valence-corrected chi connectivity index (χ3v) is 4.16. The fourth-order valence-corrected chi connectivity index (χ4v) is 2.58. The Labute approximate surface area is 179 Å². The largest absolute Gasteiger partial charge is 0.447 e. The Balaban J connectivity index is 2.47. The van der Waals surface area contributed by atoms with Crippen LogP contribution in [0.15, 0.2) is 0 Å². The molecule has 0 saturated carbocycles. The molecule has 1 heterocycles. The lowest BCUT2D eigenvalue weighted by atomic mass is 10.1. The predicted octanol–water partition coefficient (Wildman–Crippen LogP) is 0.135. The second-order valence-electron chi connectivity index (χ2n) is 6.75. The van der Waals surface area contributed by atoms with Crippen molar-refractivity contribution in [3.63, 3.8) is 0 Å². The molecule has 12 heteroatoms. The highest BCUT2D eigenvalue weighted by atomic mass is 16.6. The Bertz CT molecular complexity index is 673. The molecule has 1 atom stereocenters. The summed E-state index contributed by atoms with van der Waals surface area (Å²) in [5, 5.41) is 4.88. The average molecular weight is 443 g/mol. The minimum Gasteiger partial charge on any atom is -0.447 e. The molecule has 0 aromatic carbocycles. The zero-order valence-corrected chi connectivity index (χ0v) is 17.9. The smallest absolute Gasteiger partial charge is 0.407 e. The first kappa shape index (κ1) is 26.0. The lowest BCUT2D eigenvalue weighted by Crippen LogP contribution is -2.41. The monoisotopic (exact) mass is 443 g/mol. The molecule has 1 aliphatic rings. The zero-order chi connectivity index (χ0) is 23.4. The van der Waals surface area contributed by atoms with Gasteiger partial charge >= 0.3 is 18.1 Å². The van der Waals surface area contributed by atoms with Crippen molar-refractivity contribution in [3.05, 3.63) is 0 Å². The fourth-order valence-electron chi connectivity index (χ4n) is 2.58.